The fraction of sp³-hybridized carbons (Fsp3) is 0.0312. The first-order chi connectivity index (χ1) is 33.3. The summed E-state index contributed by atoms with van der Waals surface area (Å²) in [5.74, 6) is 0.644. The summed E-state index contributed by atoms with van der Waals surface area (Å²) in [6.07, 6.45) is 0. The number of hydrogen-bond donors (Lipinski definition) is 0. The van der Waals surface area contributed by atoms with E-state index in [1.54, 1.807) is 0 Å². The molecule has 0 N–H and O–H groups in total. The van der Waals surface area contributed by atoms with Gasteiger partial charge in [-0.2, -0.15) is 0 Å². The van der Waals surface area contributed by atoms with Crippen LogP contribution in [0.5, 0.6) is 0 Å². The fourth-order valence-corrected chi connectivity index (χ4v) is 12.9. The van der Waals surface area contributed by atoms with E-state index < -0.39 is 10.8 Å². The Balaban J connectivity index is 1.10. The van der Waals surface area contributed by atoms with Crippen LogP contribution in [0.15, 0.2) is 237 Å². The summed E-state index contributed by atoms with van der Waals surface area (Å²) >= 11 is 0. The third-order valence-electron chi connectivity index (χ3n) is 15.3. The molecule has 0 saturated carbocycles. The van der Waals surface area contributed by atoms with Gasteiger partial charge in [0.15, 0.2) is 0 Å². The molecule has 310 valence electrons. The number of nitrogens with zero attached hydrogens (tertiary/aromatic N) is 3. The Morgan fingerprint density at radius 1 is 0.313 bits per heavy atom. The molecule has 2 spiro atoms. The predicted molar refractivity (Wildman–Crippen MR) is 273 cm³/mol. The molecule has 67 heavy (non-hydrogen) atoms. The fourth-order valence-electron chi connectivity index (χ4n) is 12.9. The summed E-state index contributed by atoms with van der Waals surface area (Å²) in [6.45, 7) is 0. The van der Waals surface area contributed by atoms with Gasteiger partial charge in [-0.3, -0.25) is 4.57 Å². The van der Waals surface area contributed by atoms with Gasteiger partial charge < -0.3 is 0 Å². The molecule has 0 bridgehead atoms. The largest absolute Gasteiger partial charge is 0.278 e. The molecule has 15 rings (SSSR count). The molecule has 0 radical (unpaired) electrons. The quantitative estimate of drug-likeness (QED) is 0.177. The molecule has 3 nitrogen and oxygen atoms in total. The van der Waals surface area contributed by atoms with Crippen molar-refractivity contribution in [2.24, 2.45) is 0 Å². The maximum absolute atomic E-state index is 5.46. The smallest absolute Gasteiger partial charge is 0.235 e. The van der Waals surface area contributed by atoms with E-state index in [4.69, 9.17) is 9.97 Å². The van der Waals surface area contributed by atoms with E-state index in [2.05, 4.69) is 241 Å². The van der Waals surface area contributed by atoms with Crippen LogP contribution in [-0.4, -0.2) is 14.5 Å². The summed E-state index contributed by atoms with van der Waals surface area (Å²) in [6, 6.07) is 87.5. The molecule has 0 atom stereocenters. The molecule has 10 aromatic carbocycles. The Bertz CT molecular complexity index is 3900. The van der Waals surface area contributed by atoms with Gasteiger partial charge >= 0.3 is 0 Å². The van der Waals surface area contributed by atoms with Crippen LogP contribution >= 0.6 is 0 Å². The third kappa shape index (κ3) is 4.60. The first-order valence-corrected chi connectivity index (χ1v) is 23.2. The highest BCUT2D eigenvalue weighted by molar-refractivity contribution is 6.26. The standard InChI is InChI=1S/C64H39N3/c1-3-20-41(21-4-1)55-39-56(42-22-5-2-6-23-42)66-62(65-55)67-57-37-35-40-19-7-8-24-43(40)60(57)61-58(67)38-36-54-59(61)46-27-11-14-30-49(46)64(54)52-33-17-15-31-50(52)63(51-32-16-18-34-53(51)64)47-28-12-9-25-44(47)45-26-10-13-29-48(45)63/h1-39H. The molecular weight excluding hydrogens is 811 g/mol. The lowest BCUT2D eigenvalue weighted by atomic mass is 9.52. The zero-order valence-electron chi connectivity index (χ0n) is 36.4. The molecule has 0 unspecified atom stereocenters. The highest BCUT2D eigenvalue weighted by Crippen LogP contribution is 2.68. The van der Waals surface area contributed by atoms with Gasteiger partial charge in [0.25, 0.3) is 0 Å². The number of hydrogen-bond acceptors (Lipinski definition) is 2. The van der Waals surface area contributed by atoms with Crippen molar-refractivity contribution in [2.75, 3.05) is 0 Å². The van der Waals surface area contributed by atoms with E-state index in [0.29, 0.717) is 5.95 Å². The van der Waals surface area contributed by atoms with Gasteiger partial charge in [-0.25, -0.2) is 9.97 Å². The van der Waals surface area contributed by atoms with Crippen LogP contribution in [-0.2, 0) is 10.8 Å². The lowest BCUT2D eigenvalue weighted by Crippen LogP contribution is -2.43. The molecule has 0 fully saturated rings. The molecule has 0 aliphatic heterocycles. The summed E-state index contributed by atoms with van der Waals surface area (Å²) in [4.78, 5) is 10.9. The first-order valence-electron chi connectivity index (χ1n) is 23.2. The molecule has 12 aromatic rings. The third-order valence-corrected chi connectivity index (χ3v) is 15.3. The topological polar surface area (TPSA) is 30.7 Å². The lowest BCUT2D eigenvalue weighted by molar-refractivity contribution is 0.633. The second-order valence-corrected chi connectivity index (χ2v) is 18.3. The van der Waals surface area contributed by atoms with E-state index in [9.17, 15) is 0 Å². The minimum absolute atomic E-state index is 0.503. The SMILES string of the molecule is c1ccc(-c2cc(-c3ccccc3)nc(-n3c4ccc5c(c4c4c6ccccc6ccc43)-c3ccccc3C53c4ccccc4C4(c5ccccc5-c5ccccc54)c4ccccc43)n2)cc1. The molecule has 0 amide bonds. The van der Waals surface area contributed by atoms with E-state index in [0.717, 1.165) is 33.5 Å². The Kier molecular flexibility index (Phi) is 7.36. The Morgan fingerprint density at radius 2 is 0.731 bits per heavy atom. The minimum Gasteiger partial charge on any atom is -0.278 e. The maximum atomic E-state index is 5.46. The monoisotopic (exact) mass is 849 g/mol. The van der Waals surface area contributed by atoms with E-state index in [1.807, 2.05) is 0 Å². The molecular formula is C64H39N3. The maximum Gasteiger partial charge on any atom is 0.235 e. The van der Waals surface area contributed by atoms with Gasteiger partial charge in [0, 0.05) is 21.9 Å². The highest BCUT2D eigenvalue weighted by atomic mass is 15.2. The summed E-state index contributed by atoms with van der Waals surface area (Å²) < 4.78 is 2.33. The zero-order valence-corrected chi connectivity index (χ0v) is 36.4. The van der Waals surface area contributed by atoms with Crippen molar-refractivity contribution in [3.05, 3.63) is 281 Å². The molecule has 0 saturated heterocycles. The molecule has 2 heterocycles. The average Bonchev–Trinajstić information content (AvgIpc) is 4.02. The van der Waals surface area contributed by atoms with Crippen LogP contribution in [0.4, 0.5) is 0 Å². The van der Waals surface area contributed by atoms with Gasteiger partial charge in [-0.05, 0) is 95.7 Å². The van der Waals surface area contributed by atoms with Crippen LogP contribution in [0.25, 0.3) is 83.3 Å². The Morgan fingerprint density at radius 3 is 1.30 bits per heavy atom. The number of aromatic nitrogens is 3. The van der Waals surface area contributed by atoms with Crippen LogP contribution in [0, 0.1) is 0 Å². The van der Waals surface area contributed by atoms with Crippen molar-refractivity contribution in [1.29, 1.82) is 0 Å². The molecule has 3 aliphatic rings. The first kappa shape index (κ1) is 36.7. The van der Waals surface area contributed by atoms with E-state index in [-0.39, 0.29) is 0 Å². The molecule has 3 heteroatoms. The van der Waals surface area contributed by atoms with Crippen LogP contribution < -0.4 is 0 Å². The van der Waals surface area contributed by atoms with Crippen molar-refractivity contribution >= 4 is 32.6 Å². The van der Waals surface area contributed by atoms with Crippen LogP contribution in [0.2, 0.25) is 0 Å². The second-order valence-electron chi connectivity index (χ2n) is 18.3. The highest BCUT2D eigenvalue weighted by Gasteiger charge is 2.59. The lowest BCUT2D eigenvalue weighted by Gasteiger charge is -2.48. The van der Waals surface area contributed by atoms with Crippen molar-refractivity contribution in [2.45, 2.75) is 10.8 Å². The molecule has 3 aliphatic carbocycles. The van der Waals surface area contributed by atoms with Gasteiger partial charge in [0.05, 0.1) is 33.3 Å². The normalized spacial score (nSPS) is 14.2. The number of fused-ring (bicyclic) bond motifs is 22. The van der Waals surface area contributed by atoms with E-state index >= 15 is 0 Å². The number of rotatable bonds is 3. The minimum atomic E-state index is -0.617. The summed E-state index contributed by atoms with van der Waals surface area (Å²) in [5, 5.41) is 4.83. The summed E-state index contributed by atoms with van der Waals surface area (Å²) in [5.41, 5.74) is 20.6. The summed E-state index contributed by atoms with van der Waals surface area (Å²) in [7, 11) is 0. The van der Waals surface area contributed by atoms with Gasteiger partial charge in [0.1, 0.15) is 0 Å². The van der Waals surface area contributed by atoms with Crippen molar-refractivity contribution in [3.8, 4) is 50.7 Å². The van der Waals surface area contributed by atoms with Gasteiger partial charge in [-0.15, -0.1) is 0 Å². The Labute approximate surface area is 388 Å². The van der Waals surface area contributed by atoms with Crippen molar-refractivity contribution in [1.82, 2.24) is 14.5 Å². The van der Waals surface area contributed by atoms with Crippen LogP contribution in [0.3, 0.4) is 0 Å². The van der Waals surface area contributed by atoms with Gasteiger partial charge in [0.2, 0.25) is 5.95 Å². The average molecular weight is 850 g/mol. The Hall–Kier alpha value is -8.66. The van der Waals surface area contributed by atoms with Crippen molar-refractivity contribution in [3.63, 3.8) is 0 Å². The van der Waals surface area contributed by atoms with Gasteiger partial charge in [-0.1, -0.05) is 218 Å². The second kappa shape index (κ2) is 13.4. The van der Waals surface area contributed by atoms with E-state index in [1.165, 1.54) is 88.3 Å². The predicted octanol–water partition coefficient (Wildman–Crippen LogP) is 15.1. The van der Waals surface area contributed by atoms with Crippen LogP contribution in [0.1, 0.15) is 44.5 Å². The zero-order chi connectivity index (χ0) is 43.8. The number of benzene rings is 10. The van der Waals surface area contributed by atoms with Crippen molar-refractivity contribution < 1.29 is 0 Å². The molecule has 2 aromatic heterocycles.